The molecule has 2 unspecified atom stereocenters. The molecule has 1 aliphatic heterocycles. The summed E-state index contributed by atoms with van der Waals surface area (Å²) in [4.78, 5) is 39.6. The molecule has 0 amide bonds. The summed E-state index contributed by atoms with van der Waals surface area (Å²) in [5, 5.41) is 0. The van der Waals surface area contributed by atoms with Crippen molar-refractivity contribution < 1.29 is 42.8 Å². The Morgan fingerprint density at radius 1 is 0.646 bits per heavy atom. The van der Waals surface area contributed by atoms with Crippen LogP contribution in [0, 0.1) is 0 Å². The molecule has 0 aromatic heterocycles. The van der Waals surface area contributed by atoms with Crippen LogP contribution in [0.3, 0.4) is 0 Å². The van der Waals surface area contributed by atoms with Gasteiger partial charge in [-0.1, -0.05) is 65.7 Å². The first-order valence-electron chi connectivity index (χ1n) is 17.3. The third-order valence-corrected chi connectivity index (χ3v) is 7.90. The Morgan fingerprint density at radius 2 is 1.17 bits per heavy atom. The van der Waals surface area contributed by atoms with Crippen LogP contribution in [0.5, 0.6) is 23.0 Å². The van der Waals surface area contributed by atoms with Crippen molar-refractivity contribution in [2.75, 3.05) is 19.8 Å². The number of unbranched alkanes of at least 4 members (excludes halogenated alkanes) is 6. The largest absolute Gasteiger partial charge is 0.494 e. The number of carbonyl (C=O) groups excluding carboxylic acids is 3. The van der Waals surface area contributed by atoms with E-state index < -0.39 is 24.0 Å². The Labute approximate surface area is 283 Å². The van der Waals surface area contributed by atoms with Gasteiger partial charge in [0.1, 0.15) is 40.8 Å². The molecule has 9 heteroatoms. The standard InChI is InChI=1S/C39H48O9/c1-4-7-9-11-24-43-30-18-14-28(15-19-30)37(40)46-32-22-23-34(33(26-32)39(42)48-35(13-6-3)36-27-45-36)47-38(41)29-16-20-31(21-17-29)44-25-12-10-8-5-2/h14-23,26,35-36H,4-13,24-25,27H2,1-3H3. The van der Waals surface area contributed by atoms with E-state index in [2.05, 4.69) is 13.8 Å². The van der Waals surface area contributed by atoms with E-state index in [0.717, 1.165) is 44.9 Å². The van der Waals surface area contributed by atoms with Gasteiger partial charge in [0.15, 0.2) is 0 Å². The average Bonchev–Trinajstić information content (AvgIpc) is 3.95. The van der Waals surface area contributed by atoms with Crippen molar-refractivity contribution in [2.45, 2.75) is 97.2 Å². The van der Waals surface area contributed by atoms with Crippen LogP contribution >= 0.6 is 0 Å². The van der Waals surface area contributed by atoms with E-state index in [1.807, 2.05) is 6.92 Å². The normalized spacial score (nSPS) is 14.1. The second-order valence-corrected chi connectivity index (χ2v) is 11.9. The van der Waals surface area contributed by atoms with Crippen molar-refractivity contribution in [1.82, 2.24) is 0 Å². The maximum Gasteiger partial charge on any atom is 0.343 e. The van der Waals surface area contributed by atoms with E-state index in [4.69, 9.17) is 28.4 Å². The second kappa shape index (κ2) is 19.5. The highest BCUT2D eigenvalue weighted by molar-refractivity contribution is 5.97. The smallest absolute Gasteiger partial charge is 0.343 e. The third kappa shape index (κ3) is 11.7. The second-order valence-electron chi connectivity index (χ2n) is 11.9. The highest BCUT2D eigenvalue weighted by Crippen LogP contribution is 2.30. The van der Waals surface area contributed by atoms with E-state index in [1.54, 1.807) is 48.5 Å². The Morgan fingerprint density at radius 3 is 1.67 bits per heavy atom. The van der Waals surface area contributed by atoms with Gasteiger partial charge < -0.3 is 28.4 Å². The lowest BCUT2D eigenvalue weighted by molar-refractivity contribution is 0.0201. The molecule has 0 saturated carbocycles. The van der Waals surface area contributed by atoms with Gasteiger partial charge in [-0.25, -0.2) is 14.4 Å². The van der Waals surface area contributed by atoms with Gasteiger partial charge in [0.05, 0.1) is 30.9 Å². The van der Waals surface area contributed by atoms with Crippen LogP contribution in [0.25, 0.3) is 0 Å². The lowest BCUT2D eigenvalue weighted by Gasteiger charge is -2.17. The lowest BCUT2D eigenvalue weighted by Crippen LogP contribution is -2.24. The van der Waals surface area contributed by atoms with Crippen LogP contribution in [-0.2, 0) is 9.47 Å². The number of hydrogen-bond acceptors (Lipinski definition) is 9. The Bertz CT molecular complexity index is 1450. The Kier molecular flexibility index (Phi) is 14.8. The fourth-order valence-corrected chi connectivity index (χ4v) is 5.03. The van der Waals surface area contributed by atoms with E-state index in [0.29, 0.717) is 43.3 Å². The Hall–Kier alpha value is -4.37. The van der Waals surface area contributed by atoms with Crippen LogP contribution in [0.4, 0.5) is 0 Å². The summed E-state index contributed by atoms with van der Waals surface area (Å²) in [6.07, 6.45) is 9.62. The molecular formula is C39H48O9. The van der Waals surface area contributed by atoms with Gasteiger partial charge in [-0.3, -0.25) is 0 Å². The minimum atomic E-state index is -0.711. The van der Waals surface area contributed by atoms with Crippen molar-refractivity contribution in [3.05, 3.63) is 83.4 Å². The predicted octanol–water partition coefficient (Wildman–Crippen LogP) is 8.77. The number of hydrogen-bond donors (Lipinski definition) is 0. The predicted molar refractivity (Wildman–Crippen MR) is 182 cm³/mol. The van der Waals surface area contributed by atoms with Crippen LogP contribution in [0.2, 0.25) is 0 Å². The SMILES string of the molecule is CCCCCCOc1ccc(C(=O)Oc2ccc(OC(=O)c3ccc(OCCCCCC)cc3)c(C(=O)OC(CCC)C3CO3)c2)cc1. The molecule has 4 rings (SSSR count). The van der Waals surface area contributed by atoms with Crippen LogP contribution in [0.15, 0.2) is 66.7 Å². The van der Waals surface area contributed by atoms with Gasteiger partial charge in [0.25, 0.3) is 0 Å². The van der Waals surface area contributed by atoms with Crippen LogP contribution in [0.1, 0.15) is 116 Å². The molecule has 3 aromatic carbocycles. The molecule has 3 aromatic rings. The molecule has 1 heterocycles. The quantitative estimate of drug-likeness (QED) is 0.0479. The summed E-state index contributed by atoms with van der Waals surface area (Å²) in [7, 11) is 0. The molecule has 0 bridgehead atoms. The van der Waals surface area contributed by atoms with Gasteiger partial charge >= 0.3 is 17.9 Å². The van der Waals surface area contributed by atoms with Gasteiger partial charge in [-0.15, -0.1) is 0 Å². The van der Waals surface area contributed by atoms with Crippen molar-refractivity contribution in [3.63, 3.8) is 0 Å². The van der Waals surface area contributed by atoms with Crippen molar-refractivity contribution in [2.24, 2.45) is 0 Å². The molecule has 1 saturated heterocycles. The van der Waals surface area contributed by atoms with Gasteiger partial charge in [-0.2, -0.15) is 0 Å². The van der Waals surface area contributed by atoms with Crippen LogP contribution in [-0.4, -0.2) is 49.9 Å². The number of ether oxygens (including phenoxy) is 6. The molecule has 9 nitrogen and oxygen atoms in total. The first kappa shape index (κ1) is 36.5. The number of rotatable bonds is 21. The molecule has 0 aliphatic carbocycles. The van der Waals surface area contributed by atoms with E-state index in [9.17, 15) is 14.4 Å². The molecular weight excluding hydrogens is 612 g/mol. The fourth-order valence-electron chi connectivity index (χ4n) is 5.03. The molecule has 0 radical (unpaired) electrons. The highest BCUT2D eigenvalue weighted by atomic mass is 16.6. The molecule has 1 fully saturated rings. The summed E-state index contributed by atoms with van der Waals surface area (Å²) in [6, 6.07) is 17.6. The van der Waals surface area contributed by atoms with Crippen LogP contribution < -0.4 is 18.9 Å². The van der Waals surface area contributed by atoms with E-state index in [-0.39, 0.29) is 28.7 Å². The third-order valence-electron chi connectivity index (χ3n) is 7.90. The fraction of sp³-hybridized carbons (Fsp3) is 0.462. The topological polar surface area (TPSA) is 110 Å². The van der Waals surface area contributed by atoms with Gasteiger partial charge in [-0.05, 0) is 86.0 Å². The van der Waals surface area contributed by atoms with Gasteiger partial charge in [0.2, 0.25) is 0 Å². The Balaban J connectivity index is 1.44. The molecule has 48 heavy (non-hydrogen) atoms. The molecule has 258 valence electrons. The first-order valence-corrected chi connectivity index (χ1v) is 17.3. The van der Waals surface area contributed by atoms with E-state index in [1.165, 1.54) is 31.0 Å². The summed E-state index contributed by atoms with van der Waals surface area (Å²) < 4.78 is 34.0. The number of esters is 3. The number of benzene rings is 3. The summed E-state index contributed by atoms with van der Waals surface area (Å²) in [6.45, 7) is 8.05. The van der Waals surface area contributed by atoms with Crippen molar-refractivity contribution in [1.29, 1.82) is 0 Å². The number of carbonyl (C=O) groups is 3. The molecule has 0 N–H and O–H groups in total. The molecule has 2 atom stereocenters. The molecule has 0 spiro atoms. The monoisotopic (exact) mass is 660 g/mol. The average molecular weight is 661 g/mol. The maximum absolute atomic E-state index is 13.5. The highest BCUT2D eigenvalue weighted by Gasteiger charge is 2.36. The summed E-state index contributed by atoms with van der Waals surface area (Å²) in [5.41, 5.74) is 0.552. The van der Waals surface area contributed by atoms with E-state index >= 15 is 0 Å². The maximum atomic E-state index is 13.5. The molecule has 1 aliphatic rings. The van der Waals surface area contributed by atoms with Crippen molar-refractivity contribution >= 4 is 17.9 Å². The minimum Gasteiger partial charge on any atom is -0.494 e. The first-order chi connectivity index (χ1) is 23.4. The summed E-state index contributed by atoms with van der Waals surface area (Å²) >= 11 is 0. The zero-order valence-electron chi connectivity index (χ0n) is 28.4. The van der Waals surface area contributed by atoms with Gasteiger partial charge in [0, 0.05) is 0 Å². The van der Waals surface area contributed by atoms with Crippen molar-refractivity contribution in [3.8, 4) is 23.0 Å². The minimum absolute atomic E-state index is 0.0200. The zero-order chi connectivity index (χ0) is 34.1. The summed E-state index contributed by atoms with van der Waals surface area (Å²) in [5.74, 6) is -0.580. The number of epoxide rings is 1. The zero-order valence-corrected chi connectivity index (χ0v) is 28.4. The lowest BCUT2D eigenvalue weighted by atomic mass is 10.1.